The molecule has 0 amide bonds. The lowest BCUT2D eigenvalue weighted by Gasteiger charge is -2.32. The summed E-state index contributed by atoms with van der Waals surface area (Å²) in [4.78, 5) is 2.56. The zero-order valence-corrected chi connectivity index (χ0v) is 22.6. The first kappa shape index (κ1) is 28.3. The van der Waals surface area contributed by atoms with E-state index in [2.05, 4.69) is 76.9 Å². The predicted molar refractivity (Wildman–Crippen MR) is 156 cm³/mol. The summed E-state index contributed by atoms with van der Waals surface area (Å²) in [5.41, 5.74) is 3.61. The Morgan fingerprint density at radius 3 is 2.28 bits per heavy atom. The number of likely N-dealkylation sites (tertiary alicyclic amines) is 1. The average Bonchev–Trinajstić information content (AvgIpc) is 2.88. The van der Waals surface area contributed by atoms with E-state index in [1.165, 1.54) is 21.9 Å². The van der Waals surface area contributed by atoms with Crippen LogP contribution in [0.15, 0.2) is 91.0 Å². The first-order valence-corrected chi connectivity index (χ1v) is 12.5. The van der Waals surface area contributed by atoms with Gasteiger partial charge in [0.25, 0.3) is 0 Å². The molecule has 1 fully saturated rings. The van der Waals surface area contributed by atoms with Crippen molar-refractivity contribution in [3.63, 3.8) is 0 Å². The Bertz CT molecular complexity index is 1230. The number of rotatable bonds is 8. The number of nitrogens with one attached hydrogen (secondary N) is 1. The first-order chi connectivity index (χ1) is 16.8. The van der Waals surface area contributed by atoms with Crippen molar-refractivity contribution < 1.29 is 4.74 Å². The molecule has 0 bridgehead atoms. The molecule has 0 spiro atoms. The number of nitrogens with zero attached hydrogens (tertiary/aromatic N) is 1. The second-order valence-electron chi connectivity index (χ2n) is 9.06. The lowest BCUT2D eigenvalue weighted by Crippen LogP contribution is -2.41. The molecule has 1 saturated heterocycles. The minimum Gasteiger partial charge on any atom is -0.488 e. The molecule has 36 heavy (non-hydrogen) atoms. The highest BCUT2D eigenvalue weighted by Crippen LogP contribution is 2.30. The predicted octanol–water partition coefficient (Wildman–Crippen LogP) is 7.67. The summed E-state index contributed by atoms with van der Waals surface area (Å²) in [6.45, 7) is 4.54. The van der Waals surface area contributed by atoms with Crippen molar-refractivity contribution in [2.24, 2.45) is 0 Å². The number of fused-ring (bicyclic) bond motifs is 1. The molecule has 1 heterocycles. The van der Waals surface area contributed by atoms with Crippen molar-refractivity contribution in [1.82, 2.24) is 10.2 Å². The Morgan fingerprint density at radius 2 is 1.50 bits per heavy atom. The van der Waals surface area contributed by atoms with E-state index in [1.54, 1.807) is 0 Å². The maximum Gasteiger partial charge on any atom is 0.124 e. The second-order valence-corrected chi connectivity index (χ2v) is 9.47. The van der Waals surface area contributed by atoms with Gasteiger partial charge in [-0.1, -0.05) is 90.5 Å². The van der Waals surface area contributed by atoms with Gasteiger partial charge >= 0.3 is 0 Å². The van der Waals surface area contributed by atoms with Crippen molar-refractivity contribution in [2.45, 2.75) is 38.6 Å². The molecule has 0 saturated carbocycles. The van der Waals surface area contributed by atoms with E-state index in [0.29, 0.717) is 12.6 Å². The first-order valence-electron chi connectivity index (χ1n) is 12.1. The minimum absolute atomic E-state index is 0. The van der Waals surface area contributed by atoms with Gasteiger partial charge in [0.05, 0.1) is 0 Å². The molecule has 0 radical (unpaired) electrons. The van der Waals surface area contributed by atoms with Gasteiger partial charge in [-0.25, -0.2) is 0 Å². The molecule has 0 aromatic heterocycles. The fourth-order valence-corrected chi connectivity index (χ4v) is 4.98. The summed E-state index contributed by atoms with van der Waals surface area (Å²) in [6.07, 6.45) is 2.32. The smallest absolute Gasteiger partial charge is 0.124 e. The van der Waals surface area contributed by atoms with Crippen molar-refractivity contribution >= 4 is 47.2 Å². The second kappa shape index (κ2) is 13.9. The lowest BCUT2D eigenvalue weighted by atomic mass is 10.0. The van der Waals surface area contributed by atoms with Crippen LogP contribution in [0.5, 0.6) is 5.75 Å². The summed E-state index contributed by atoms with van der Waals surface area (Å²) in [5.74, 6) is 0.924. The molecular formula is C30H33Cl3N2O. The lowest BCUT2D eigenvalue weighted by molar-refractivity contribution is 0.190. The molecule has 1 N–H and O–H groups in total. The molecule has 1 aliphatic rings. The highest BCUT2D eigenvalue weighted by atomic mass is 35.5. The van der Waals surface area contributed by atoms with Crippen LogP contribution >= 0.6 is 36.4 Å². The Morgan fingerprint density at radius 1 is 0.806 bits per heavy atom. The fourth-order valence-electron chi connectivity index (χ4n) is 4.79. The van der Waals surface area contributed by atoms with Crippen LogP contribution in [0.1, 0.15) is 29.5 Å². The number of piperidine rings is 1. The zero-order valence-electron chi connectivity index (χ0n) is 20.2. The van der Waals surface area contributed by atoms with Gasteiger partial charge in [-0.2, -0.15) is 0 Å². The SMILES string of the molecule is Cl.Cl.Clc1ccccc1COc1ccc2ccccc2c1CNC1CCN(Cc2ccccc2)CC1. The quantitative estimate of drug-likeness (QED) is 0.247. The van der Waals surface area contributed by atoms with Gasteiger partial charge in [0.2, 0.25) is 0 Å². The van der Waals surface area contributed by atoms with E-state index in [9.17, 15) is 0 Å². The maximum atomic E-state index is 6.35. The third-order valence-electron chi connectivity index (χ3n) is 6.74. The van der Waals surface area contributed by atoms with Crippen LogP contribution < -0.4 is 10.1 Å². The molecular weight excluding hydrogens is 511 g/mol. The number of halogens is 3. The van der Waals surface area contributed by atoms with Crippen molar-refractivity contribution in [2.75, 3.05) is 13.1 Å². The minimum atomic E-state index is 0. The van der Waals surface area contributed by atoms with E-state index < -0.39 is 0 Å². The van der Waals surface area contributed by atoms with E-state index in [4.69, 9.17) is 16.3 Å². The Labute approximate surface area is 231 Å². The molecule has 4 aromatic carbocycles. The monoisotopic (exact) mass is 542 g/mol. The third kappa shape index (κ3) is 7.15. The van der Waals surface area contributed by atoms with Gasteiger partial charge < -0.3 is 10.1 Å². The average molecular weight is 544 g/mol. The Hall–Kier alpha value is -2.27. The Kier molecular flexibility index (Phi) is 10.9. The Balaban J connectivity index is 0.00000180. The van der Waals surface area contributed by atoms with Crippen molar-refractivity contribution in [1.29, 1.82) is 0 Å². The molecule has 1 aliphatic heterocycles. The van der Waals surface area contributed by atoms with Gasteiger partial charge in [0, 0.05) is 35.3 Å². The standard InChI is InChI=1S/C30H31ClN2O.2ClH/c31-29-13-7-5-11-25(29)22-34-30-15-14-24-10-4-6-12-27(24)28(30)20-32-26-16-18-33(19-17-26)21-23-8-2-1-3-9-23;;/h1-15,26,32H,16-22H2;2*1H. The molecule has 4 aromatic rings. The van der Waals surface area contributed by atoms with Crippen LogP contribution in [-0.4, -0.2) is 24.0 Å². The van der Waals surface area contributed by atoms with Crippen LogP contribution in [0.4, 0.5) is 0 Å². The molecule has 5 rings (SSSR count). The molecule has 3 nitrogen and oxygen atoms in total. The highest BCUT2D eigenvalue weighted by Gasteiger charge is 2.20. The maximum absolute atomic E-state index is 6.35. The van der Waals surface area contributed by atoms with Crippen LogP contribution in [0.2, 0.25) is 5.02 Å². The van der Waals surface area contributed by atoms with E-state index in [0.717, 1.165) is 55.4 Å². The van der Waals surface area contributed by atoms with Gasteiger partial charge in [-0.15, -0.1) is 24.8 Å². The number of benzene rings is 4. The molecule has 190 valence electrons. The van der Waals surface area contributed by atoms with Gasteiger partial charge in [-0.3, -0.25) is 4.90 Å². The van der Waals surface area contributed by atoms with Crippen LogP contribution in [-0.2, 0) is 19.7 Å². The summed E-state index contributed by atoms with van der Waals surface area (Å²) >= 11 is 6.35. The normalized spacial score (nSPS) is 14.1. The van der Waals surface area contributed by atoms with Crippen molar-refractivity contribution in [3.05, 3.63) is 113 Å². The molecule has 0 unspecified atom stereocenters. The van der Waals surface area contributed by atoms with Gasteiger partial charge in [0.1, 0.15) is 12.4 Å². The summed E-state index contributed by atoms with van der Waals surface area (Å²) in [7, 11) is 0. The largest absolute Gasteiger partial charge is 0.488 e. The molecule has 0 aliphatic carbocycles. The van der Waals surface area contributed by atoms with Gasteiger partial charge in [-0.05, 0) is 54.4 Å². The van der Waals surface area contributed by atoms with E-state index >= 15 is 0 Å². The van der Waals surface area contributed by atoms with Crippen LogP contribution in [0, 0.1) is 0 Å². The van der Waals surface area contributed by atoms with Crippen LogP contribution in [0.3, 0.4) is 0 Å². The summed E-state index contributed by atoms with van der Waals surface area (Å²) in [6, 6.07) is 31.9. The molecule has 0 atom stereocenters. The van der Waals surface area contributed by atoms with E-state index in [1.807, 2.05) is 24.3 Å². The fraction of sp³-hybridized carbons (Fsp3) is 0.267. The third-order valence-corrected chi connectivity index (χ3v) is 7.11. The zero-order chi connectivity index (χ0) is 23.2. The summed E-state index contributed by atoms with van der Waals surface area (Å²) in [5, 5.41) is 7.05. The topological polar surface area (TPSA) is 24.5 Å². The number of ether oxygens (including phenoxy) is 1. The van der Waals surface area contributed by atoms with Crippen LogP contribution in [0.25, 0.3) is 10.8 Å². The molecule has 6 heteroatoms. The summed E-state index contributed by atoms with van der Waals surface area (Å²) < 4.78 is 6.30. The highest BCUT2D eigenvalue weighted by molar-refractivity contribution is 6.31. The van der Waals surface area contributed by atoms with Crippen molar-refractivity contribution in [3.8, 4) is 5.75 Å². The van der Waals surface area contributed by atoms with E-state index in [-0.39, 0.29) is 24.8 Å². The number of hydrogen-bond donors (Lipinski definition) is 1. The van der Waals surface area contributed by atoms with Gasteiger partial charge in [0.15, 0.2) is 0 Å². The number of hydrogen-bond acceptors (Lipinski definition) is 3.